The molecule has 0 N–H and O–H groups in total. The van der Waals surface area contributed by atoms with Crippen LogP contribution in [0.1, 0.15) is 28.5 Å². The van der Waals surface area contributed by atoms with Gasteiger partial charge in [0.15, 0.2) is 0 Å². The second-order valence-electron chi connectivity index (χ2n) is 6.31. The Morgan fingerprint density at radius 3 is 2.70 bits per heavy atom. The van der Waals surface area contributed by atoms with Gasteiger partial charge in [-0.1, -0.05) is 17.7 Å². The molecule has 0 spiro atoms. The third kappa shape index (κ3) is 3.57. The molecule has 27 heavy (non-hydrogen) atoms. The molecular formula is C20H19ClFN3O2. The average molecular weight is 388 g/mol. The normalized spacial score (nSPS) is 11.0. The SMILES string of the molecule is CCn1c(=O)c(C)nc2cc(C(=O)N(C)Cc3c(F)cccc3Cl)ccc21. The highest BCUT2D eigenvalue weighted by Gasteiger charge is 2.17. The lowest BCUT2D eigenvalue weighted by Crippen LogP contribution is -2.27. The molecule has 140 valence electrons. The highest BCUT2D eigenvalue weighted by Crippen LogP contribution is 2.22. The van der Waals surface area contributed by atoms with E-state index in [1.54, 1.807) is 42.8 Å². The average Bonchev–Trinajstić information content (AvgIpc) is 2.65. The Hall–Kier alpha value is -2.73. The Balaban J connectivity index is 1.96. The number of hydrogen-bond donors (Lipinski definition) is 0. The lowest BCUT2D eigenvalue weighted by molar-refractivity contribution is 0.0784. The Labute approximate surface area is 161 Å². The summed E-state index contributed by atoms with van der Waals surface area (Å²) in [5.74, 6) is -0.741. The molecule has 0 saturated carbocycles. The van der Waals surface area contributed by atoms with Gasteiger partial charge in [-0.3, -0.25) is 9.59 Å². The van der Waals surface area contributed by atoms with Crippen LogP contribution in [-0.2, 0) is 13.1 Å². The number of carbonyl (C=O) groups excluding carboxylic acids is 1. The molecule has 7 heteroatoms. The van der Waals surface area contributed by atoms with E-state index in [9.17, 15) is 14.0 Å². The Kier molecular flexibility index (Phi) is 5.28. The first-order valence-corrected chi connectivity index (χ1v) is 8.90. The summed E-state index contributed by atoms with van der Waals surface area (Å²) in [6.07, 6.45) is 0. The maximum atomic E-state index is 14.0. The largest absolute Gasteiger partial charge is 0.337 e. The lowest BCUT2D eigenvalue weighted by atomic mass is 10.1. The molecule has 0 unspecified atom stereocenters. The third-order valence-corrected chi connectivity index (χ3v) is 4.83. The van der Waals surface area contributed by atoms with Gasteiger partial charge < -0.3 is 9.47 Å². The number of amides is 1. The lowest BCUT2D eigenvalue weighted by Gasteiger charge is -2.19. The summed E-state index contributed by atoms with van der Waals surface area (Å²) in [5.41, 5.74) is 2.15. The second-order valence-corrected chi connectivity index (χ2v) is 6.72. The van der Waals surface area contributed by atoms with Gasteiger partial charge in [0.05, 0.1) is 11.0 Å². The smallest absolute Gasteiger partial charge is 0.272 e. The minimum atomic E-state index is -0.454. The molecule has 2 aromatic carbocycles. The molecule has 0 atom stereocenters. The number of benzene rings is 2. The van der Waals surface area contributed by atoms with Crippen LogP contribution >= 0.6 is 11.6 Å². The van der Waals surface area contributed by atoms with Gasteiger partial charge in [0.25, 0.3) is 11.5 Å². The third-order valence-electron chi connectivity index (χ3n) is 4.48. The van der Waals surface area contributed by atoms with Crippen molar-refractivity contribution in [1.29, 1.82) is 0 Å². The first kappa shape index (κ1) is 19.0. The van der Waals surface area contributed by atoms with Crippen molar-refractivity contribution < 1.29 is 9.18 Å². The van der Waals surface area contributed by atoms with E-state index in [2.05, 4.69) is 4.98 Å². The van der Waals surface area contributed by atoms with Crippen LogP contribution in [0.25, 0.3) is 11.0 Å². The molecule has 0 bridgehead atoms. The van der Waals surface area contributed by atoms with Crippen molar-refractivity contribution in [3.05, 3.63) is 74.4 Å². The number of halogens is 2. The fourth-order valence-corrected chi connectivity index (χ4v) is 3.26. The molecule has 0 aliphatic carbocycles. The number of aromatic nitrogens is 2. The van der Waals surface area contributed by atoms with Gasteiger partial charge in [0, 0.05) is 36.3 Å². The van der Waals surface area contributed by atoms with Crippen LogP contribution < -0.4 is 5.56 Å². The first-order valence-electron chi connectivity index (χ1n) is 8.53. The van der Waals surface area contributed by atoms with E-state index in [0.29, 0.717) is 28.8 Å². The molecule has 5 nitrogen and oxygen atoms in total. The fraction of sp³-hybridized carbons (Fsp3) is 0.250. The molecule has 0 aliphatic heterocycles. The quantitative estimate of drug-likeness (QED) is 0.684. The summed E-state index contributed by atoms with van der Waals surface area (Å²) in [6.45, 7) is 4.08. The van der Waals surface area contributed by atoms with Crippen LogP contribution in [-0.4, -0.2) is 27.4 Å². The Morgan fingerprint density at radius 1 is 1.30 bits per heavy atom. The number of nitrogens with zero attached hydrogens (tertiary/aromatic N) is 3. The van der Waals surface area contributed by atoms with Crippen LogP contribution in [0.5, 0.6) is 0 Å². The summed E-state index contributed by atoms with van der Waals surface area (Å²) in [4.78, 5) is 30.7. The van der Waals surface area contributed by atoms with E-state index in [0.717, 1.165) is 0 Å². The Bertz CT molecular complexity index is 1070. The molecule has 1 aromatic heterocycles. The summed E-state index contributed by atoms with van der Waals surface area (Å²) < 4.78 is 15.6. The first-order chi connectivity index (χ1) is 12.8. The monoisotopic (exact) mass is 387 g/mol. The fourth-order valence-electron chi connectivity index (χ4n) is 3.03. The highest BCUT2D eigenvalue weighted by molar-refractivity contribution is 6.31. The van der Waals surface area contributed by atoms with Gasteiger partial charge in [-0.2, -0.15) is 0 Å². The number of hydrogen-bond acceptors (Lipinski definition) is 3. The number of rotatable bonds is 4. The Morgan fingerprint density at radius 2 is 2.04 bits per heavy atom. The molecule has 0 fully saturated rings. The second kappa shape index (κ2) is 7.48. The standard InChI is InChI=1S/C20H19ClFN3O2/c1-4-25-18-9-8-13(10-17(18)23-12(2)19(25)26)20(27)24(3)11-14-15(21)6-5-7-16(14)22/h5-10H,4,11H2,1-3H3. The van der Waals surface area contributed by atoms with Crippen molar-refractivity contribution in [3.8, 4) is 0 Å². The minimum Gasteiger partial charge on any atom is -0.337 e. The van der Waals surface area contributed by atoms with Crippen molar-refractivity contribution in [1.82, 2.24) is 14.5 Å². The van der Waals surface area contributed by atoms with Crippen LogP contribution in [0, 0.1) is 12.7 Å². The topological polar surface area (TPSA) is 55.2 Å². The molecular weight excluding hydrogens is 369 g/mol. The summed E-state index contributed by atoms with van der Waals surface area (Å²) in [7, 11) is 1.58. The van der Waals surface area contributed by atoms with Gasteiger partial charge >= 0.3 is 0 Å². The predicted octanol–water partition coefficient (Wildman–Crippen LogP) is 3.79. The molecule has 0 saturated heterocycles. The van der Waals surface area contributed by atoms with Crippen molar-refractivity contribution in [3.63, 3.8) is 0 Å². The summed E-state index contributed by atoms with van der Waals surface area (Å²) in [6, 6.07) is 9.43. The predicted molar refractivity (Wildman–Crippen MR) is 104 cm³/mol. The van der Waals surface area contributed by atoms with Gasteiger partial charge in [-0.05, 0) is 44.2 Å². The van der Waals surface area contributed by atoms with Gasteiger partial charge in [-0.25, -0.2) is 9.37 Å². The van der Waals surface area contributed by atoms with Crippen LogP contribution in [0.15, 0.2) is 41.2 Å². The van der Waals surface area contributed by atoms with Crippen LogP contribution in [0.2, 0.25) is 5.02 Å². The molecule has 0 aliphatic rings. The summed E-state index contributed by atoms with van der Waals surface area (Å²) in [5, 5.41) is 0.275. The van der Waals surface area contributed by atoms with E-state index in [1.807, 2.05) is 6.92 Å². The minimum absolute atomic E-state index is 0.0449. The van der Waals surface area contributed by atoms with Crippen molar-refractivity contribution in [2.45, 2.75) is 26.9 Å². The van der Waals surface area contributed by atoms with E-state index in [1.165, 1.54) is 17.0 Å². The zero-order valence-electron chi connectivity index (χ0n) is 15.3. The van der Waals surface area contributed by atoms with E-state index < -0.39 is 5.82 Å². The van der Waals surface area contributed by atoms with Crippen LogP contribution in [0.3, 0.4) is 0 Å². The number of carbonyl (C=O) groups is 1. The van der Waals surface area contributed by atoms with Gasteiger partial charge in [0.2, 0.25) is 0 Å². The molecule has 3 aromatic rings. The molecule has 1 amide bonds. The van der Waals surface area contributed by atoms with E-state index in [4.69, 9.17) is 11.6 Å². The van der Waals surface area contributed by atoms with Crippen molar-refractivity contribution in [2.24, 2.45) is 0 Å². The summed E-state index contributed by atoms with van der Waals surface area (Å²) >= 11 is 6.05. The van der Waals surface area contributed by atoms with E-state index in [-0.39, 0.29) is 28.6 Å². The van der Waals surface area contributed by atoms with Gasteiger partial charge in [0.1, 0.15) is 11.5 Å². The molecule has 3 rings (SSSR count). The van der Waals surface area contributed by atoms with E-state index >= 15 is 0 Å². The van der Waals surface area contributed by atoms with Crippen molar-refractivity contribution >= 4 is 28.5 Å². The van der Waals surface area contributed by atoms with Crippen molar-refractivity contribution in [2.75, 3.05) is 7.05 Å². The maximum Gasteiger partial charge on any atom is 0.272 e. The number of aryl methyl sites for hydroxylation is 2. The van der Waals surface area contributed by atoms with Gasteiger partial charge in [-0.15, -0.1) is 0 Å². The number of fused-ring (bicyclic) bond motifs is 1. The molecule has 0 radical (unpaired) electrons. The zero-order chi connectivity index (χ0) is 19.7. The highest BCUT2D eigenvalue weighted by atomic mass is 35.5. The van der Waals surface area contributed by atoms with Crippen LogP contribution in [0.4, 0.5) is 4.39 Å². The maximum absolute atomic E-state index is 14.0. The molecule has 1 heterocycles. The zero-order valence-corrected chi connectivity index (χ0v) is 16.0.